The number of rotatable bonds is 5. The van der Waals surface area contributed by atoms with Gasteiger partial charge in [-0.1, -0.05) is 19.1 Å². The van der Waals surface area contributed by atoms with Crippen LogP contribution in [0.15, 0.2) is 36.5 Å². The van der Waals surface area contributed by atoms with Crippen LogP contribution in [0.5, 0.6) is 5.75 Å². The molecule has 0 radical (unpaired) electrons. The van der Waals surface area contributed by atoms with Gasteiger partial charge >= 0.3 is 0 Å². The van der Waals surface area contributed by atoms with E-state index in [1.807, 2.05) is 17.7 Å². The molecule has 0 aliphatic carbocycles. The molecule has 1 aliphatic heterocycles. The quantitative estimate of drug-likeness (QED) is 0.921. The molecule has 6 heteroatoms. The lowest BCUT2D eigenvalue weighted by atomic mass is 10.0. The predicted octanol–water partition coefficient (Wildman–Crippen LogP) is 2.31. The van der Waals surface area contributed by atoms with Crippen molar-refractivity contribution in [3.05, 3.63) is 48.0 Å². The Morgan fingerprint density at radius 2 is 2.30 bits per heavy atom. The van der Waals surface area contributed by atoms with Crippen LogP contribution in [0.25, 0.3) is 0 Å². The second kappa shape index (κ2) is 6.81. The van der Waals surface area contributed by atoms with Gasteiger partial charge in [-0.3, -0.25) is 9.48 Å². The molecule has 2 unspecified atom stereocenters. The van der Waals surface area contributed by atoms with E-state index in [1.54, 1.807) is 18.3 Å². The molecule has 1 amide bonds. The van der Waals surface area contributed by atoms with Crippen LogP contribution in [0.4, 0.5) is 4.39 Å². The van der Waals surface area contributed by atoms with Gasteiger partial charge in [-0.15, -0.1) is 0 Å². The molecule has 2 aromatic rings. The highest BCUT2D eigenvalue weighted by molar-refractivity contribution is 5.81. The lowest BCUT2D eigenvalue weighted by molar-refractivity contribution is -0.129. The van der Waals surface area contributed by atoms with Crippen LogP contribution in [-0.2, 0) is 17.8 Å². The lowest BCUT2D eigenvalue weighted by Gasteiger charge is -2.26. The fraction of sp³-hybridized carbons (Fsp3) is 0.412. The fourth-order valence-electron chi connectivity index (χ4n) is 2.80. The highest BCUT2D eigenvalue weighted by Gasteiger charge is 2.25. The number of nitrogens with zero attached hydrogens (tertiary/aromatic N) is 2. The second-order valence-corrected chi connectivity index (χ2v) is 5.69. The van der Waals surface area contributed by atoms with Crippen LogP contribution in [0, 0.1) is 5.82 Å². The summed E-state index contributed by atoms with van der Waals surface area (Å²) >= 11 is 0. The number of benzene rings is 1. The summed E-state index contributed by atoms with van der Waals surface area (Å²) in [6, 6.07) is 8.16. The molecule has 2 heterocycles. The molecule has 0 spiro atoms. The van der Waals surface area contributed by atoms with Gasteiger partial charge in [-0.05, 0) is 31.0 Å². The maximum Gasteiger partial charge on any atom is 0.261 e. The molecule has 1 aliphatic rings. The summed E-state index contributed by atoms with van der Waals surface area (Å²) in [5, 5.41) is 7.24. The van der Waals surface area contributed by atoms with Crippen molar-refractivity contribution in [2.75, 3.05) is 0 Å². The molecule has 23 heavy (non-hydrogen) atoms. The van der Waals surface area contributed by atoms with Crippen molar-refractivity contribution in [3.63, 3.8) is 0 Å². The Bertz CT molecular complexity index is 686. The van der Waals surface area contributed by atoms with E-state index in [2.05, 4.69) is 10.4 Å². The molecule has 1 aromatic heterocycles. The normalized spacial score (nSPS) is 18.1. The van der Waals surface area contributed by atoms with Crippen molar-refractivity contribution >= 4 is 5.91 Å². The Labute approximate surface area is 134 Å². The average Bonchev–Trinajstić information content (AvgIpc) is 3.01. The van der Waals surface area contributed by atoms with Crippen LogP contribution in [-0.4, -0.2) is 27.8 Å². The summed E-state index contributed by atoms with van der Waals surface area (Å²) in [6.45, 7) is 2.64. The Morgan fingerprint density at radius 3 is 3.09 bits per heavy atom. The van der Waals surface area contributed by atoms with Gasteiger partial charge in [0.25, 0.3) is 5.91 Å². The van der Waals surface area contributed by atoms with E-state index in [-0.39, 0.29) is 17.7 Å². The zero-order valence-electron chi connectivity index (χ0n) is 13.0. The smallest absolute Gasteiger partial charge is 0.261 e. The second-order valence-electron chi connectivity index (χ2n) is 5.69. The molecule has 0 saturated heterocycles. The molecular formula is C17H20FN3O2. The predicted molar refractivity (Wildman–Crippen MR) is 83.6 cm³/mol. The number of carbonyl (C=O) groups excluding carboxylic acids is 1. The van der Waals surface area contributed by atoms with E-state index in [0.29, 0.717) is 6.42 Å². The number of aryl methyl sites for hydroxylation is 1. The average molecular weight is 317 g/mol. The molecule has 1 aromatic carbocycles. The van der Waals surface area contributed by atoms with E-state index in [0.717, 1.165) is 25.1 Å². The molecular weight excluding hydrogens is 297 g/mol. The van der Waals surface area contributed by atoms with Crippen molar-refractivity contribution in [1.82, 2.24) is 15.1 Å². The highest BCUT2D eigenvalue weighted by atomic mass is 19.1. The molecule has 3 rings (SSSR count). The number of ether oxygens (including phenoxy) is 1. The monoisotopic (exact) mass is 317 g/mol. The summed E-state index contributed by atoms with van der Waals surface area (Å²) in [4.78, 5) is 12.4. The van der Waals surface area contributed by atoms with Crippen molar-refractivity contribution in [3.8, 4) is 5.75 Å². The van der Waals surface area contributed by atoms with Gasteiger partial charge in [0.2, 0.25) is 0 Å². The number of carbonyl (C=O) groups is 1. The highest BCUT2D eigenvalue weighted by Crippen LogP contribution is 2.19. The minimum Gasteiger partial charge on any atom is -0.478 e. The lowest BCUT2D eigenvalue weighted by Crippen LogP contribution is -2.46. The van der Waals surface area contributed by atoms with E-state index >= 15 is 0 Å². The SMILES string of the molecule is CCC(Oc1ccccc1F)C(=O)NC1CCn2nccc2C1. The minimum atomic E-state index is -0.696. The Hall–Kier alpha value is -2.37. The van der Waals surface area contributed by atoms with Crippen LogP contribution in [0.1, 0.15) is 25.5 Å². The zero-order valence-corrected chi connectivity index (χ0v) is 13.0. The van der Waals surface area contributed by atoms with E-state index < -0.39 is 11.9 Å². The number of hydrogen-bond donors (Lipinski definition) is 1. The summed E-state index contributed by atoms with van der Waals surface area (Å²) in [5.74, 6) is -0.551. The van der Waals surface area contributed by atoms with E-state index in [1.165, 1.54) is 12.1 Å². The third-order valence-electron chi connectivity index (χ3n) is 4.06. The van der Waals surface area contributed by atoms with Crippen LogP contribution < -0.4 is 10.1 Å². The van der Waals surface area contributed by atoms with Gasteiger partial charge in [0.1, 0.15) is 0 Å². The number of para-hydroxylation sites is 1. The van der Waals surface area contributed by atoms with Crippen molar-refractivity contribution < 1.29 is 13.9 Å². The van der Waals surface area contributed by atoms with Crippen molar-refractivity contribution in [1.29, 1.82) is 0 Å². The number of nitrogens with one attached hydrogen (secondary N) is 1. The summed E-state index contributed by atoms with van der Waals surface area (Å²) in [7, 11) is 0. The van der Waals surface area contributed by atoms with Crippen molar-refractivity contribution in [2.24, 2.45) is 0 Å². The third-order valence-corrected chi connectivity index (χ3v) is 4.06. The number of amides is 1. The summed E-state index contributed by atoms with van der Waals surface area (Å²) in [5.41, 5.74) is 1.12. The van der Waals surface area contributed by atoms with Gasteiger partial charge in [0, 0.05) is 30.9 Å². The van der Waals surface area contributed by atoms with Gasteiger partial charge in [0.15, 0.2) is 17.7 Å². The molecule has 0 saturated carbocycles. The largest absolute Gasteiger partial charge is 0.478 e. The van der Waals surface area contributed by atoms with Crippen LogP contribution in [0.3, 0.4) is 0 Å². The maximum atomic E-state index is 13.7. The third kappa shape index (κ3) is 3.52. The first kappa shape index (κ1) is 15.5. The number of halogens is 1. The first-order valence-corrected chi connectivity index (χ1v) is 7.89. The minimum absolute atomic E-state index is 0.0602. The summed E-state index contributed by atoms with van der Waals surface area (Å²) < 4.78 is 21.2. The molecule has 5 nitrogen and oxygen atoms in total. The van der Waals surface area contributed by atoms with Crippen molar-refractivity contribution in [2.45, 2.75) is 44.9 Å². The Kier molecular flexibility index (Phi) is 4.60. The molecule has 0 bridgehead atoms. The van der Waals surface area contributed by atoms with E-state index in [4.69, 9.17) is 4.74 Å². The molecule has 0 fully saturated rings. The Balaban J connectivity index is 1.61. The number of fused-ring (bicyclic) bond motifs is 1. The molecule has 122 valence electrons. The van der Waals surface area contributed by atoms with Gasteiger partial charge in [0.05, 0.1) is 0 Å². The first-order chi connectivity index (χ1) is 11.2. The molecule has 2 atom stereocenters. The molecule has 1 N–H and O–H groups in total. The zero-order chi connectivity index (χ0) is 16.2. The van der Waals surface area contributed by atoms with Gasteiger partial charge in [-0.25, -0.2) is 4.39 Å². The first-order valence-electron chi connectivity index (χ1n) is 7.89. The van der Waals surface area contributed by atoms with Gasteiger partial charge < -0.3 is 10.1 Å². The number of hydrogen-bond acceptors (Lipinski definition) is 3. The van der Waals surface area contributed by atoms with Crippen LogP contribution in [0.2, 0.25) is 0 Å². The number of aromatic nitrogens is 2. The van der Waals surface area contributed by atoms with Gasteiger partial charge in [-0.2, -0.15) is 5.10 Å². The standard InChI is InChI=1S/C17H20FN3O2/c1-2-15(23-16-6-4-3-5-14(16)18)17(22)20-12-8-10-21-13(11-12)7-9-19-21/h3-7,9,12,15H,2,8,10-11H2,1H3,(H,20,22). The van der Waals surface area contributed by atoms with E-state index in [9.17, 15) is 9.18 Å². The maximum absolute atomic E-state index is 13.7. The van der Waals surface area contributed by atoms with Crippen LogP contribution >= 0.6 is 0 Å². The topological polar surface area (TPSA) is 56.1 Å². The fourth-order valence-corrected chi connectivity index (χ4v) is 2.80. The summed E-state index contributed by atoms with van der Waals surface area (Å²) in [6.07, 6.45) is 3.14. The Morgan fingerprint density at radius 1 is 1.48 bits per heavy atom.